The molecule has 136 valence electrons. The molecular formula is C20H24N4O2. The highest BCUT2D eigenvalue weighted by molar-refractivity contribution is 5.94. The van der Waals surface area contributed by atoms with Gasteiger partial charge < -0.3 is 14.7 Å². The molecule has 2 amide bonds. The van der Waals surface area contributed by atoms with Gasteiger partial charge in [0.05, 0.1) is 5.56 Å². The maximum atomic E-state index is 12.7. The summed E-state index contributed by atoms with van der Waals surface area (Å²) in [6.07, 6.45) is 1.64. The highest BCUT2D eigenvalue weighted by Gasteiger charge is 2.23. The van der Waals surface area contributed by atoms with Crippen LogP contribution in [-0.2, 0) is 4.79 Å². The number of amides is 2. The van der Waals surface area contributed by atoms with Crippen LogP contribution in [-0.4, -0.2) is 59.3 Å². The van der Waals surface area contributed by atoms with Gasteiger partial charge in [0, 0.05) is 51.5 Å². The summed E-state index contributed by atoms with van der Waals surface area (Å²) in [7, 11) is 0. The van der Waals surface area contributed by atoms with E-state index in [0.29, 0.717) is 31.7 Å². The fourth-order valence-electron chi connectivity index (χ4n) is 3.16. The van der Waals surface area contributed by atoms with Crippen LogP contribution in [0.2, 0.25) is 0 Å². The molecule has 1 aromatic heterocycles. The lowest BCUT2D eigenvalue weighted by atomic mass is 10.2. The van der Waals surface area contributed by atoms with Crippen molar-refractivity contribution in [3.05, 3.63) is 54.2 Å². The second-order valence-electron chi connectivity index (χ2n) is 6.28. The average molecular weight is 352 g/mol. The molecule has 0 bridgehead atoms. The van der Waals surface area contributed by atoms with E-state index in [1.165, 1.54) is 0 Å². The van der Waals surface area contributed by atoms with Crippen molar-refractivity contribution in [3.63, 3.8) is 0 Å². The zero-order valence-electron chi connectivity index (χ0n) is 15.3. The molecule has 26 heavy (non-hydrogen) atoms. The van der Waals surface area contributed by atoms with E-state index >= 15 is 0 Å². The van der Waals surface area contributed by atoms with Gasteiger partial charge in [0.1, 0.15) is 5.82 Å². The van der Waals surface area contributed by atoms with Gasteiger partial charge in [-0.3, -0.25) is 9.59 Å². The van der Waals surface area contributed by atoms with Crippen LogP contribution in [0.4, 0.5) is 11.5 Å². The third-order valence-electron chi connectivity index (χ3n) is 4.67. The quantitative estimate of drug-likeness (QED) is 0.849. The Kier molecular flexibility index (Phi) is 5.51. The Morgan fingerprint density at radius 3 is 2.19 bits per heavy atom. The lowest BCUT2D eigenvalue weighted by Crippen LogP contribution is -2.50. The average Bonchev–Trinajstić information content (AvgIpc) is 2.69. The summed E-state index contributed by atoms with van der Waals surface area (Å²) in [6, 6.07) is 13.8. The van der Waals surface area contributed by atoms with Crippen LogP contribution in [0.25, 0.3) is 0 Å². The van der Waals surface area contributed by atoms with Crippen LogP contribution in [0.1, 0.15) is 24.2 Å². The topological polar surface area (TPSA) is 56.8 Å². The summed E-state index contributed by atoms with van der Waals surface area (Å²) in [5.74, 6) is 0.843. The number of piperazine rings is 1. The van der Waals surface area contributed by atoms with Crippen LogP contribution in [0, 0.1) is 0 Å². The van der Waals surface area contributed by atoms with Crippen LogP contribution in [0.3, 0.4) is 0 Å². The molecule has 0 atom stereocenters. The minimum absolute atomic E-state index is 0.0324. The largest absolute Gasteiger partial charge is 0.339 e. The molecule has 1 fully saturated rings. The summed E-state index contributed by atoms with van der Waals surface area (Å²) in [4.78, 5) is 34.2. The van der Waals surface area contributed by atoms with Crippen molar-refractivity contribution in [2.45, 2.75) is 13.8 Å². The summed E-state index contributed by atoms with van der Waals surface area (Å²) >= 11 is 0. The van der Waals surface area contributed by atoms with E-state index in [-0.39, 0.29) is 11.8 Å². The maximum Gasteiger partial charge on any atom is 0.255 e. The van der Waals surface area contributed by atoms with Crippen molar-refractivity contribution in [2.24, 2.45) is 0 Å². The maximum absolute atomic E-state index is 12.7. The molecule has 6 heteroatoms. The first-order valence-electron chi connectivity index (χ1n) is 8.93. The Labute approximate surface area is 154 Å². The Morgan fingerprint density at radius 2 is 1.65 bits per heavy atom. The Hall–Kier alpha value is -2.89. The molecule has 0 radical (unpaired) electrons. The van der Waals surface area contributed by atoms with E-state index in [4.69, 9.17) is 0 Å². The monoisotopic (exact) mass is 352 g/mol. The van der Waals surface area contributed by atoms with Gasteiger partial charge in [-0.15, -0.1) is 0 Å². The zero-order chi connectivity index (χ0) is 18.5. The van der Waals surface area contributed by atoms with Gasteiger partial charge in [-0.1, -0.05) is 18.2 Å². The van der Waals surface area contributed by atoms with Gasteiger partial charge >= 0.3 is 0 Å². The number of nitrogens with zero attached hydrogens (tertiary/aromatic N) is 4. The van der Waals surface area contributed by atoms with Crippen molar-refractivity contribution >= 4 is 23.3 Å². The molecular weight excluding hydrogens is 328 g/mol. The van der Waals surface area contributed by atoms with Crippen LogP contribution in [0.15, 0.2) is 48.7 Å². The molecule has 0 saturated carbocycles. The molecule has 2 aromatic rings. The number of anilines is 2. The van der Waals surface area contributed by atoms with Crippen LogP contribution in [0.5, 0.6) is 0 Å². The summed E-state index contributed by atoms with van der Waals surface area (Å²) in [5, 5.41) is 0. The Balaban J connectivity index is 1.69. The fraction of sp³-hybridized carbons (Fsp3) is 0.350. The highest BCUT2D eigenvalue weighted by Crippen LogP contribution is 2.23. The zero-order valence-corrected chi connectivity index (χ0v) is 15.3. The number of benzene rings is 1. The van der Waals surface area contributed by atoms with E-state index < -0.39 is 0 Å². The minimum Gasteiger partial charge on any atom is -0.339 e. The number of hydrogen-bond donors (Lipinski definition) is 0. The van der Waals surface area contributed by atoms with Crippen molar-refractivity contribution in [2.75, 3.05) is 37.6 Å². The molecule has 2 heterocycles. The van der Waals surface area contributed by atoms with Gasteiger partial charge in [-0.05, 0) is 31.2 Å². The van der Waals surface area contributed by atoms with Gasteiger partial charge in [0.15, 0.2) is 0 Å². The van der Waals surface area contributed by atoms with Gasteiger partial charge in [-0.2, -0.15) is 0 Å². The molecule has 1 saturated heterocycles. The number of para-hydroxylation sites is 1. The standard InChI is InChI=1S/C20H24N4O2/c1-3-24(18-7-5-4-6-8-18)19-10-9-17(15-21-19)20(26)23-13-11-22(12-14-23)16(2)25/h4-10,15H,3,11-14H2,1-2H3. The van der Waals surface area contributed by atoms with Crippen molar-refractivity contribution in [1.29, 1.82) is 0 Å². The second kappa shape index (κ2) is 7.99. The number of aromatic nitrogens is 1. The van der Waals surface area contributed by atoms with Crippen molar-refractivity contribution in [3.8, 4) is 0 Å². The summed E-state index contributed by atoms with van der Waals surface area (Å²) < 4.78 is 0. The second-order valence-corrected chi connectivity index (χ2v) is 6.28. The third-order valence-corrected chi connectivity index (χ3v) is 4.67. The number of carbonyl (C=O) groups is 2. The van der Waals surface area contributed by atoms with Crippen LogP contribution >= 0.6 is 0 Å². The van der Waals surface area contributed by atoms with E-state index in [2.05, 4.69) is 16.8 Å². The van der Waals surface area contributed by atoms with E-state index in [9.17, 15) is 9.59 Å². The molecule has 6 nitrogen and oxygen atoms in total. The Morgan fingerprint density at radius 1 is 1.00 bits per heavy atom. The normalized spacial score (nSPS) is 14.2. The fourth-order valence-corrected chi connectivity index (χ4v) is 3.16. The molecule has 1 aliphatic heterocycles. The third kappa shape index (κ3) is 3.85. The first kappa shape index (κ1) is 17.9. The van der Waals surface area contributed by atoms with E-state index in [1.807, 2.05) is 42.5 Å². The highest BCUT2D eigenvalue weighted by atomic mass is 16.2. The molecule has 0 spiro atoms. The van der Waals surface area contributed by atoms with E-state index in [0.717, 1.165) is 18.1 Å². The predicted molar refractivity (Wildman–Crippen MR) is 102 cm³/mol. The van der Waals surface area contributed by atoms with E-state index in [1.54, 1.807) is 22.9 Å². The number of carbonyl (C=O) groups excluding carboxylic acids is 2. The van der Waals surface area contributed by atoms with Crippen molar-refractivity contribution < 1.29 is 9.59 Å². The van der Waals surface area contributed by atoms with Gasteiger partial charge in [0.2, 0.25) is 5.91 Å². The lowest BCUT2D eigenvalue weighted by molar-refractivity contribution is -0.130. The van der Waals surface area contributed by atoms with Crippen LogP contribution < -0.4 is 4.90 Å². The molecule has 0 aliphatic carbocycles. The van der Waals surface area contributed by atoms with Gasteiger partial charge in [0.25, 0.3) is 5.91 Å². The summed E-state index contributed by atoms with van der Waals surface area (Å²) in [5.41, 5.74) is 1.65. The lowest BCUT2D eigenvalue weighted by Gasteiger charge is -2.34. The predicted octanol–water partition coefficient (Wildman–Crippen LogP) is 2.54. The molecule has 0 unspecified atom stereocenters. The number of pyridine rings is 1. The summed E-state index contributed by atoms with van der Waals surface area (Å²) in [6.45, 7) is 6.72. The molecule has 3 rings (SSSR count). The molecule has 1 aliphatic rings. The van der Waals surface area contributed by atoms with Crippen molar-refractivity contribution in [1.82, 2.24) is 14.8 Å². The smallest absolute Gasteiger partial charge is 0.255 e. The van der Waals surface area contributed by atoms with Gasteiger partial charge in [-0.25, -0.2) is 4.98 Å². The first-order chi connectivity index (χ1) is 12.6. The first-order valence-corrected chi connectivity index (χ1v) is 8.93. The Bertz CT molecular complexity index is 753. The minimum atomic E-state index is -0.0324. The SMILES string of the molecule is CCN(c1ccccc1)c1ccc(C(=O)N2CCN(C(C)=O)CC2)cn1. The number of hydrogen-bond acceptors (Lipinski definition) is 4. The number of rotatable bonds is 4. The molecule has 0 N–H and O–H groups in total. The molecule has 1 aromatic carbocycles.